The van der Waals surface area contributed by atoms with Crippen LogP contribution >= 0.6 is 15.9 Å². The van der Waals surface area contributed by atoms with Gasteiger partial charge in [0.25, 0.3) is 5.91 Å². The number of rotatable bonds is 5. The highest BCUT2D eigenvalue weighted by atomic mass is 79.9. The van der Waals surface area contributed by atoms with Gasteiger partial charge in [0, 0.05) is 16.6 Å². The van der Waals surface area contributed by atoms with Crippen molar-refractivity contribution in [2.45, 2.75) is 32.6 Å². The van der Waals surface area contributed by atoms with E-state index >= 15 is 0 Å². The SMILES string of the molecule is CCCC1(CNC(=O)c2ccc(Br)cc2)CC1. The molecule has 3 heteroatoms. The summed E-state index contributed by atoms with van der Waals surface area (Å²) in [4.78, 5) is 11.9. The van der Waals surface area contributed by atoms with Gasteiger partial charge in [-0.25, -0.2) is 0 Å². The zero-order valence-corrected chi connectivity index (χ0v) is 11.7. The molecule has 0 aromatic heterocycles. The Morgan fingerprint density at radius 1 is 1.35 bits per heavy atom. The van der Waals surface area contributed by atoms with Gasteiger partial charge in [-0.15, -0.1) is 0 Å². The van der Waals surface area contributed by atoms with Crippen LogP contribution in [0.2, 0.25) is 0 Å². The second kappa shape index (κ2) is 5.21. The number of benzene rings is 1. The molecule has 0 bridgehead atoms. The smallest absolute Gasteiger partial charge is 0.251 e. The van der Waals surface area contributed by atoms with E-state index in [1.54, 1.807) is 0 Å². The molecule has 1 saturated carbocycles. The first-order chi connectivity index (χ1) is 8.15. The number of nitrogens with one attached hydrogen (secondary N) is 1. The Morgan fingerprint density at radius 2 is 2.00 bits per heavy atom. The lowest BCUT2D eigenvalue weighted by molar-refractivity contribution is 0.0943. The van der Waals surface area contributed by atoms with Crippen molar-refractivity contribution in [2.24, 2.45) is 5.41 Å². The van der Waals surface area contributed by atoms with Crippen LogP contribution in [0, 0.1) is 5.41 Å². The Labute approximate surface area is 111 Å². The Balaban J connectivity index is 1.87. The van der Waals surface area contributed by atoms with E-state index in [1.165, 1.54) is 25.7 Å². The van der Waals surface area contributed by atoms with E-state index in [2.05, 4.69) is 28.2 Å². The lowest BCUT2D eigenvalue weighted by atomic mass is 10.0. The number of halogens is 1. The van der Waals surface area contributed by atoms with Crippen molar-refractivity contribution in [1.82, 2.24) is 5.32 Å². The molecular formula is C14H18BrNO. The van der Waals surface area contributed by atoms with Gasteiger partial charge in [0.1, 0.15) is 0 Å². The lowest BCUT2D eigenvalue weighted by Crippen LogP contribution is -2.30. The highest BCUT2D eigenvalue weighted by Gasteiger charge is 2.41. The second-order valence-corrected chi connectivity index (χ2v) is 5.86. The maximum absolute atomic E-state index is 11.9. The third-order valence-corrected chi connectivity index (χ3v) is 4.00. The van der Waals surface area contributed by atoms with Crippen LogP contribution in [0.15, 0.2) is 28.7 Å². The monoisotopic (exact) mass is 295 g/mol. The molecule has 1 aliphatic rings. The van der Waals surface area contributed by atoms with Gasteiger partial charge in [-0.1, -0.05) is 29.3 Å². The molecule has 17 heavy (non-hydrogen) atoms. The van der Waals surface area contributed by atoms with Crippen molar-refractivity contribution < 1.29 is 4.79 Å². The fraction of sp³-hybridized carbons (Fsp3) is 0.500. The Hall–Kier alpha value is -0.830. The molecule has 2 nitrogen and oxygen atoms in total. The van der Waals surface area contributed by atoms with Gasteiger partial charge in [-0.05, 0) is 48.9 Å². The van der Waals surface area contributed by atoms with E-state index in [1.807, 2.05) is 24.3 Å². The van der Waals surface area contributed by atoms with Gasteiger partial charge >= 0.3 is 0 Å². The summed E-state index contributed by atoms with van der Waals surface area (Å²) in [5.74, 6) is 0.0416. The molecule has 1 fully saturated rings. The minimum atomic E-state index is 0.0416. The Morgan fingerprint density at radius 3 is 2.53 bits per heavy atom. The number of hydrogen-bond donors (Lipinski definition) is 1. The molecule has 0 saturated heterocycles. The number of hydrogen-bond acceptors (Lipinski definition) is 1. The number of amides is 1. The average Bonchev–Trinajstić information content (AvgIpc) is 3.08. The molecule has 1 aliphatic carbocycles. The normalized spacial score (nSPS) is 16.6. The zero-order chi connectivity index (χ0) is 12.3. The van der Waals surface area contributed by atoms with Gasteiger partial charge in [-0.2, -0.15) is 0 Å². The van der Waals surface area contributed by atoms with Crippen molar-refractivity contribution in [3.05, 3.63) is 34.3 Å². The quantitative estimate of drug-likeness (QED) is 0.880. The molecule has 0 aliphatic heterocycles. The predicted molar refractivity (Wildman–Crippen MR) is 73.1 cm³/mol. The summed E-state index contributed by atoms with van der Waals surface area (Å²) in [6.45, 7) is 3.03. The zero-order valence-electron chi connectivity index (χ0n) is 10.1. The van der Waals surface area contributed by atoms with Gasteiger partial charge < -0.3 is 5.32 Å². The molecular weight excluding hydrogens is 278 g/mol. The molecule has 0 unspecified atom stereocenters. The van der Waals surface area contributed by atoms with Gasteiger partial charge in [0.15, 0.2) is 0 Å². The van der Waals surface area contributed by atoms with E-state index < -0.39 is 0 Å². The minimum absolute atomic E-state index is 0.0416. The van der Waals surface area contributed by atoms with Gasteiger partial charge in [0.2, 0.25) is 0 Å². The number of carbonyl (C=O) groups excluding carboxylic acids is 1. The summed E-state index contributed by atoms with van der Waals surface area (Å²) in [5.41, 5.74) is 1.15. The molecule has 0 atom stereocenters. The van der Waals surface area contributed by atoms with E-state index in [-0.39, 0.29) is 5.91 Å². The highest BCUT2D eigenvalue weighted by molar-refractivity contribution is 9.10. The molecule has 92 valence electrons. The third-order valence-electron chi connectivity index (χ3n) is 3.47. The standard InChI is InChI=1S/C14H18BrNO/c1-2-7-14(8-9-14)10-16-13(17)11-3-5-12(15)6-4-11/h3-6H,2,7-10H2,1H3,(H,16,17). The van der Waals surface area contributed by atoms with Crippen LogP contribution in [0.3, 0.4) is 0 Å². The first-order valence-electron chi connectivity index (χ1n) is 6.19. The molecule has 0 heterocycles. The van der Waals surface area contributed by atoms with Crippen LogP contribution in [0.1, 0.15) is 43.0 Å². The van der Waals surface area contributed by atoms with Crippen molar-refractivity contribution in [2.75, 3.05) is 6.54 Å². The van der Waals surface area contributed by atoms with E-state index in [9.17, 15) is 4.79 Å². The van der Waals surface area contributed by atoms with Crippen LogP contribution in [-0.4, -0.2) is 12.5 Å². The molecule has 1 N–H and O–H groups in total. The van der Waals surface area contributed by atoms with Crippen LogP contribution in [0.25, 0.3) is 0 Å². The maximum Gasteiger partial charge on any atom is 0.251 e. The summed E-state index contributed by atoms with van der Waals surface area (Å²) in [7, 11) is 0. The van der Waals surface area contributed by atoms with Crippen molar-refractivity contribution >= 4 is 21.8 Å². The van der Waals surface area contributed by atoms with Crippen LogP contribution < -0.4 is 5.32 Å². The van der Waals surface area contributed by atoms with E-state index in [0.717, 1.165) is 16.6 Å². The first kappa shape index (κ1) is 12.6. The fourth-order valence-corrected chi connectivity index (χ4v) is 2.46. The topological polar surface area (TPSA) is 29.1 Å². The molecule has 1 aromatic carbocycles. The van der Waals surface area contributed by atoms with E-state index in [0.29, 0.717) is 5.41 Å². The van der Waals surface area contributed by atoms with Gasteiger partial charge in [-0.3, -0.25) is 4.79 Å². The summed E-state index contributed by atoms with van der Waals surface area (Å²) < 4.78 is 0.999. The summed E-state index contributed by atoms with van der Waals surface area (Å²) in [5, 5.41) is 3.05. The molecule has 0 spiro atoms. The third kappa shape index (κ3) is 3.32. The summed E-state index contributed by atoms with van der Waals surface area (Å²) >= 11 is 3.36. The predicted octanol–water partition coefficient (Wildman–Crippen LogP) is 3.76. The van der Waals surface area contributed by atoms with Gasteiger partial charge in [0.05, 0.1) is 0 Å². The maximum atomic E-state index is 11.9. The first-order valence-corrected chi connectivity index (χ1v) is 6.98. The van der Waals surface area contributed by atoms with Crippen molar-refractivity contribution in [3.8, 4) is 0 Å². The molecule has 2 rings (SSSR count). The second-order valence-electron chi connectivity index (χ2n) is 4.94. The molecule has 0 radical (unpaired) electrons. The van der Waals surface area contributed by atoms with Crippen LogP contribution in [0.4, 0.5) is 0 Å². The summed E-state index contributed by atoms with van der Waals surface area (Å²) in [6.07, 6.45) is 4.96. The Bertz CT molecular complexity index is 395. The highest BCUT2D eigenvalue weighted by Crippen LogP contribution is 2.48. The lowest BCUT2D eigenvalue weighted by Gasteiger charge is -2.14. The summed E-state index contributed by atoms with van der Waals surface area (Å²) in [6, 6.07) is 7.49. The van der Waals surface area contributed by atoms with Crippen molar-refractivity contribution in [3.63, 3.8) is 0 Å². The van der Waals surface area contributed by atoms with Crippen LogP contribution in [0.5, 0.6) is 0 Å². The molecule has 1 aromatic rings. The number of carbonyl (C=O) groups is 1. The van der Waals surface area contributed by atoms with Crippen LogP contribution in [-0.2, 0) is 0 Å². The molecule has 1 amide bonds. The minimum Gasteiger partial charge on any atom is -0.351 e. The van der Waals surface area contributed by atoms with Crippen molar-refractivity contribution in [1.29, 1.82) is 0 Å². The fourth-order valence-electron chi connectivity index (χ4n) is 2.19. The average molecular weight is 296 g/mol. The van der Waals surface area contributed by atoms with E-state index in [4.69, 9.17) is 0 Å². The largest absolute Gasteiger partial charge is 0.351 e. The Kier molecular flexibility index (Phi) is 3.87.